The van der Waals surface area contributed by atoms with Crippen LogP contribution in [0, 0.1) is 0 Å². The summed E-state index contributed by atoms with van der Waals surface area (Å²) in [5.41, 5.74) is 5.94. The lowest BCUT2D eigenvalue weighted by Gasteiger charge is -2.15. The van der Waals surface area contributed by atoms with Crippen LogP contribution in [0.25, 0.3) is 0 Å². The number of hydrogen-bond donors (Lipinski definition) is 1. The van der Waals surface area contributed by atoms with Gasteiger partial charge in [-0.2, -0.15) is 13.2 Å². The lowest BCUT2D eigenvalue weighted by atomic mass is 9.94. The molecule has 2 unspecified atom stereocenters. The van der Waals surface area contributed by atoms with Gasteiger partial charge < -0.3 is 5.73 Å². The fourth-order valence-corrected chi connectivity index (χ4v) is 1.69. The molecule has 16 heavy (non-hydrogen) atoms. The Bertz CT molecular complexity index is 327. The fourth-order valence-electron chi connectivity index (χ4n) is 1.69. The van der Waals surface area contributed by atoms with E-state index in [-0.39, 0.29) is 12.0 Å². The molecule has 0 fully saturated rings. The molecule has 0 heterocycles. The molecule has 0 saturated carbocycles. The first-order valence-electron chi connectivity index (χ1n) is 5.23. The Morgan fingerprint density at radius 2 is 1.62 bits per heavy atom. The Kier molecular flexibility index (Phi) is 3.97. The maximum atomic E-state index is 12.3. The van der Waals surface area contributed by atoms with Gasteiger partial charge in [-0.1, -0.05) is 19.1 Å². The van der Waals surface area contributed by atoms with Gasteiger partial charge in [0.1, 0.15) is 0 Å². The highest BCUT2D eigenvalue weighted by atomic mass is 19.4. The van der Waals surface area contributed by atoms with Crippen LogP contribution < -0.4 is 5.73 Å². The van der Waals surface area contributed by atoms with E-state index in [0.717, 1.165) is 24.1 Å². The van der Waals surface area contributed by atoms with Gasteiger partial charge in [0.25, 0.3) is 0 Å². The minimum atomic E-state index is -4.26. The second-order valence-electron chi connectivity index (χ2n) is 4.23. The van der Waals surface area contributed by atoms with Gasteiger partial charge in [0.2, 0.25) is 0 Å². The van der Waals surface area contributed by atoms with Gasteiger partial charge >= 0.3 is 6.18 Å². The molecule has 0 amide bonds. The van der Waals surface area contributed by atoms with Crippen molar-refractivity contribution < 1.29 is 13.2 Å². The van der Waals surface area contributed by atoms with Gasteiger partial charge in [-0.3, -0.25) is 0 Å². The first kappa shape index (κ1) is 13.0. The number of halogens is 3. The van der Waals surface area contributed by atoms with Crippen molar-refractivity contribution in [2.24, 2.45) is 5.73 Å². The molecule has 0 bridgehead atoms. The van der Waals surface area contributed by atoms with E-state index in [9.17, 15) is 13.2 Å². The predicted molar refractivity (Wildman–Crippen MR) is 58.1 cm³/mol. The summed E-state index contributed by atoms with van der Waals surface area (Å²) in [4.78, 5) is 0. The zero-order chi connectivity index (χ0) is 12.3. The minimum absolute atomic E-state index is 0.0530. The highest BCUT2D eigenvalue weighted by Crippen LogP contribution is 2.30. The van der Waals surface area contributed by atoms with Crippen LogP contribution in [0.15, 0.2) is 24.3 Å². The molecular formula is C12H16F3N. The summed E-state index contributed by atoms with van der Waals surface area (Å²) >= 11 is 0. The highest BCUT2D eigenvalue weighted by molar-refractivity contribution is 5.26. The largest absolute Gasteiger partial charge is 0.416 e. The van der Waals surface area contributed by atoms with Crippen LogP contribution in [0.2, 0.25) is 0 Å². The Hall–Kier alpha value is -1.03. The molecule has 2 atom stereocenters. The maximum Gasteiger partial charge on any atom is 0.416 e. The molecular weight excluding hydrogens is 215 g/mol. The summed E-state index contributed by atoms with van der Waals surface area (Å²) in [6.45, 7) is 3.85. The normalized spacial score (nSPS) is 15.9. The minimum Gasteiger partial charge on any atom is -0.328 e. The van der Waals surface area contributed by atoms with Crippen molar-refractivity contribution >= 4 is 0 Å². The molecule has 1 rings (SSSR count). The second kappa shape index (κ2) is 4.87. The van der Waals surface area contributed by atoms with Crippen LogP contribution in [0.1, 0.15) is 37.3 Å². The van der Waals surface area contributed by atoms with E-state index >= 15 is 0 Å². The van der Waals surface area contributed by atoms with Gasteiger partial charge in [-0.15, -0.1) is 0 Å². The van der Waals surface area contributed by atoms with Crippen LogP contribution >= 0.6 is 0 Å². The van der Waals surface area contributed by atoms with E-state index in [1.807, 2.05) is 13.8 Å². The first-order valence-corrected chi connectivity index (χ1v) is 5.23. The molecule has 1 aromatic carbocycles. The molecule has 2 N–H and O–H groups in total. The Labute approximate surface area is 93.5 Å². The smallest absolute Gasteiger partial charge is 0.328 e. The van der Waals surface area contributed by atoms with E-state index in [0.29, 0.717) is 0 Å². The molecule has 90 valence electrons. The first-order chi connectivity index (χ1) is 7.30. The Morgan fingerprint density at radius 3 is 2.00 bits per heavy atom. The summed E-state index contributed by atoms with van der Waals surface area (Å²) in [5, 5.41) is 0. The molecule has 4 heteroatoms. The van der Waals surface area contributed by atoms with E-state index in [1.54, 1.807) is 0 Å². The lowest BCUT2D eigenvalue weighted by molar-refractivity contribution is -0.137. The van der Waals surface area contributed by atoms with Crippen LogP contribution in [0.5, 0.6) is 0 Å². The zero-order valence-electron chi connectivity index (χ0n) is 9.38. The van der Waals surface area contributed by atoms with Gasteiger partial charge in [-0.25, -0.2) is 0 Å². The molecule has 0 spiro atoms. The highest BCUT2D eigenvalue weighted by Gasteiger charge is 2.30. The van der Waals surface area contributed by atoms with Gasteiger partial charge in [0, 0.05) is 6.04 Å². The average molecular weight is 231 g/mol. The second-order valence-corrected chi connectivity index (χ2v) is 4.23. The molecule has 0 aliphatic rings. The summed E-state index contributed by atoms with van der Waals surface area (Å²) in [7, 11) is 0. The molecule has 0 aliphatic heterocycles. The molecule has 0 aliphatic carbocycles. The van der Waals surface area contributed by atoms with E-state index in [4.69, 9.17) is 5.73 Å². The van der Waals surface area contributed by atoms with Crippen LogP contribution in [0.3, 0.4) is 0 Å². The van der Waals surface area contributed by atoms with E-state index in [2.05, 4.69) is 0 Å². The Balaban J connectivity index is 2.79. The monoisotopic (exact) mass is 231 g/mol. The van der Waals surface area contributed by atoms with Crippen LogP contribution in [-0.4, -0.2) is 6.04 Å². The molecule has 0 aromatic heterocycles. The standard InChI is InChI=1S/C12H16F3N/c1-8(7-9(2)16)10-3-5-11(6-4-10)12(13,14)15/h3-6,8-9H,7,16H2,1-2H3. The number of alkyl halides is 3. The number of rotatable bonds is 3. The molecule has 1 nitrogen and oxygen atoms in total. The van der Waals surface area contributed by atoms with Crippen molar-refractivity contribution in [3.63, 3.8) is 0 Å². The third-order valence-electron chi connectivity index (χ3n) is 2.53. The topological polar surface area (TPSA) is 26.0 Å². The molecule has 1 aromatic rings. The fraction of sp³-hybridized carbons (Fsp3) is 0.500. The van der Waals surface area contributed by atoms with Gasteiger partial charge in [0.15, 0.2) is 0 Å². The van der Waals surface area contributed by atoms with Crippen molar-refractivity contribution in [1.82, 2.24) is 0 Å². The summed E-state index contributed by atoms with van der Waals surface area (Å²) in [6, 6.07) is 5.34. The molecule has 0 saturated heterocycles. The third-order valence-corrected chi connectivity index (χ3v) is 2.53. The quantitative estimate of drug-likeness (QED) is 0.845. The third kappa shape index (κ3) is 3.52. The maximum absolute atomic E-state index is 12.3. The number of nitrogens with two attached hydrogens (primary N) is 1. The lowest BCUT2D eigenvalue weighted by Crippen LogP contribution is -2.17. The van der Waals surface area contributed by atoms with Gasteiger partial charge in [0.05, 0.1) is 5.56 Å². The van der Waals surface area contributed by atoms with Crippen molar-refractivity contribution in [1.29, 1.82) is 0 Å². The van der Waals surface area contributed by atoms with E-state index < -0.39 is 11.7 Å². The average Bonchev–Trinajstić information content (AvgIpc) is 2.15. The zero-order valence-corrected chi connectivity index (χ0v) is 9.38. The van der Waals surface area contributed by atoms with Crippen molar-refractivity contribution in [2.75, 3.05) is 0 Å². The SMILES string of the molecule is CC(N)CC(C)c1ccc(C(F)(F)F)cc1. The van der Waals surface area contributed by atoms with Crippen molar-refractivity contribution in [2.45, 2.75) is 38.4 Å². The summed E-state index contributed by atoms with van der Waals surface area (Å²) in [5.74, 6) is 0.183. The van der Waals surface area contributed by atoms with Gasteiger partial charge in [-0.05, 0) is 37.0 Å². The number of hydrogen-bond acceptors (Lipinski definition) is 1. The van der Waals surface area contributed by atoms with Crippen molar-refractivity contribution in [3.8, 4) is 0 Å². The predicted octanol–water partition coefficient (Wildman–Crippen LogP) is 3.55. The summed E-state index contributed by atoms with van der Waals surface area (Å²) < 4.78 is 36.9. The van der Waals surface area contributed by atoms with Crippen LogP contribution in [0.4, 0.5) is 13.2 Å². The van der Waals surface area contributed by atoms with E-state index in [1.165, 1.54) is 12.1 Å². The Morgan fingerprint density at radius 1 is 1.12 bits per heavy atom. The number of benzene rings is 1. The molecule has 0 radical (unpaired) electrons. The summed E-state index contributed by atoms with van der Waals surface area (Å²) in [6.07, 6.45) is -3.49. The van der Waals surface area contributed by atoms with Crippen molar-refractivity contribution in [3.05, 3.63) is 35.4 Å². The van der Waals surface area contributed by atoms with Crippen LogP contribution in [-0.2, 0) is 6.18 Å².